The van der Waals surface area contributed by atoms with E-state index < -0.39 is 0 Å². The van der Waals surface area contributed by atoms with E-state index in [4.69, 9.17) is 0 Å². The SMILES string of the molecule is Cc1ccc2c(c1)[C@@H]1CN(C)CCC[C@H]1N2CCC1CC=CC=N1. The van der Waals surface area contributed by atoms with Crippen molar-refractivity contribution in [2.24, 2.45) is 4.99 Å². The standard InChI is InChI=1S/C21H29N3/c1-16-8-9-21-18(14-16)19-15-23(2)12-5-7-20(19)24(21)13-10-17-6-3-4-11-22-17/h3-4,8-9,11,14,17,19-20H,5-7,10,12-13,15H2,1-2H3/t17?,19-,20+/m0/s1. The van der Waals surface area contributed by atoms with Gasteiger partial charge in [0.1, 0.15) is 0 Å². The van der Waals surface area contributed by atoms with Gasteiger partial charge in [-0.05, 0) is 63.9 Å². The van der Waals surface area contributed by atoms with Crippen LogP contribution in [0.5, 0.6) is 0 Å². The van der Waals surface area contributed by atoms with Crippen LogP contribution in [0.3, 0.4) is 0 Å². The zero-order valence-electron chi connectivity index (χ0n) is 15.0. The maximum absolute atomic E-state index is 4.65. The normalized spacial score (nSPS) is 29.4. The van der Waals surface area contributed by atoms with Crippen LogP contribution in [0.4, 0.5) is 5.69 Å². The van der Waals surface area contributed by atoms with Gasteiger partial charge in [-0.25, -0.2) is 0 Å². The number of fused-ring (bicyclic) bond motifs is 3. The fourth-order valence-corrected chi connectivity index (χ4v) is 4.71. The number of anilines is 1. The van der Waals surface area contributed by atoms with E-state index in [1.807, 2.05) is 6.21 Å². The largest absolute Gasteiger partial charge is 0.368 e. The Balaban J connectivity index is 1.58. The van der Waals surface area contributed by atoms with Gasteiger partial charge in [0.2, 0.25) is 0 Å². The maximum atomic E-state index is 4.65. The van der Waals surface area contributed by atoms with Gasteiger partial charge in [-0.15, -0.1) is 0 Å². The Morgan fingerprint density at radius 3 is 3.04 bits per heavy atom. The average molecular weight is 323 g/mol. The Labute approximate surface area is 146 Å². The number of hydrogen-bond acceptors (Lipinski definition) is 3. The fourth-order valence-electron chi connectivity index (χ4n) is 4.71. The van der Waals surface area contributed by atoms with E-state index in [-0.39, 0.29) is 0 Å². The minimum Gasteiger partial charge on any atom is -0.368 e. The fraction of sp³-hybridized carbons (Fsp3) is 0.571. The van der Waals surface area contributed by atoms with Crippen LogP contribution >= 0.6 is 0 Å². The van der Waals surface area contributed by atoms with Crippen LogP contribution < -0.4 is 4.90 Å². The molecule has 1 saturated heterocycles. The molecule has 3 aliphatic rings. The number of aryl methyl sites for hydroxylation is 1. The summed E-state index contributed by atoms with van der Waals surface area (Å²) in [5.74, 6) is 0.669. The summed E-state index contributed by atoms with van der Waals surface area (Å²) >= 11 is 0. The summed E-state index contributed by atoms with van der Waals surface area (Å²) in [6.45, 7) is 5.79. The van der Waals surface area contributed by atoms with E-state index >= 15 is 0 Å². The van der Waals surface area contributed by atoms with Crippen LogP contribution in [0.15, 0.2) is 35.3 Å². The summed E-state index contributed by atoms with van der Waals surface area (Å²) in [4.78, 5) is 9.89. The third-order valence-electron chi connectivity index (χ3n) is 5.94. The zero-order valence-corrected chi connectivity index (χ0v) is 15.0. The third-order valence-corrected chi connectivity index (χ3v) is 5.94. The van der Waals surface area contributed by atoms with Crippen molar-refractivity contribution in [3.05, 3.63) is 41.5 Å². The number of hydrogen-bond donors (Lipinski definition) is 0. The molecule has 0 spiro atoms. The molecule has 3 heteroatoms. The van der Waals surface area contributed by atoms with Gasteiger partial charge in [-0.1, -0.05) is 23.8 Å². The van der Waals surface area contributed by atoms with Crippen LogP contribution in [-0.4, -0.2) is 49.9 Å². The minimum atomic E-state index is 0.469. The van der Waals surface area contributed by atoms with Crippen molar-refractivity contribution in [2.45, 2.75) is 50.6 Å². The molecule has 0 radical (unpaired) electrons. The summed E-state index contributed by atoms with van der Waals surface area (Å²) in [7, 11) is 2.28. The number of benzene rings is 1. The van der Waals surface area contributed by atoms with E-state index in [0.29, 0.717) is 18.0 Å². The first kappa shape index (κ1) is 15.9. The van der Waals surface area contributed by atoms with Crippen molar-refractivity contribution in [3.63, 3.8) is 0 Å². The molecule has 1 unspecified atom stereocenters. The molecule has 4 rings (SSSR count). The van der Waals surface area contributed by atoms with E-state index in [0.717, 1.165) is 19.4 Å². The van der Waals surface area contributed by atoms with Crippen LogP contribution in [0, 0.1) is 6.92 Å². The lowest BCUT2D eigenvalue weighted by Gasteiger charge is -2.30. The van der Waals surface area contributed by atoms with Crippen molar-refractivity contribution >= 4 is 11.9 Å². The van der Waals surface area contributed by atoms with Gasteiger partial charge in [0.25, 0.3) is 0 Å². The molecule has 0 aliphatic carbocycles. The van der Waals surface area contributed by atoms with Crippen molar-refractivity contribution in [1.82, 2.24) is 4.90 Å². The zero-order chi connectivity index (χ0) is 16.5. The molecule has 24 heavy (non-hydrogen) atoms. The number of likely N-dealkylation sites (tertiary alicyclic amines) is 1. The van der Waals surface area contributed by atoms with Crippen molar-refractivity contribution < 1.29 is 0 Å². The van der Waals surface area contributed by atoms with Gasteiger partial charge in [-0.3, -0.25) is 4.99 Å². The Morgan fingerprint density at radius 2 is 2.21 bits per heavy atom. The van der Waals surface area contributed by atoms with E-state index in [2.05, 4.69) is 59.1 Å². The molecular formula is C21H29N3. The quantitative estimate of drug-likeness (QED) is 0.843. The molecule has 1 aromatic carbocycles. The van der Waals surface area contributed by atoms with Gasteiger partial charge < -0.3 is 9.80 Å². The lowest BCUT2D eigenvalue weighted by molar-refractivity contribution is 0.330. The van der Waals surface area contributed by atoms with Gasteiger partial charge in [-0.2, -0.15) is 0 Å². The average Bonchev–Trinajstić information content (AvgIpc) is 2.73. The van der Waals surface area contributed by atoms with Gasteiger partial charge in [0.05, 0.1) is 6.04 Å². The Hall–Kier alpha value is -1.61. The van der Waals surface area contributed by atoms with Gasteiger partial charge in [0.15, 0.2) is 0 Å². The Kier molecular flexibility index (Phi) is 4.45. The topological polar surface area (TPSA) is 18.8 Å². The smallest absolute Gasteiger partial charge is 0.0550 e. The monoisotopic (exact) mass is 323 g/mol. The number of nitrogens with zero attached hydrogens (tertiary/aromatic N) is 3. The number of aliphatic imine (C=N–C) groups is 1. The van der Waals surface area contributed by atoms with Gasteiger partial charge >= 0.3 is 0 Å². The Morgan fingerprint density at radius 1 is 1.29 bits per heavy atom. The molecule has 0 aromatic heterocycles. The predicted molar refractivity (Wildman–Crippen MR) is 102 cm³/mol. The molecule has 3 nitrogen and oxygen atoms in total. The number of dihydropyridines is 1. The highest BCUT2D eigenvalue weighted by Crippen LogP contribution is 2.44. The van der Waals surface area contributed by atoms with Crippen LogP contribution in [0.25, 0.3) is 0 Å². The summed E-state index contributed by atoms with van der Waals surface area (Å²) in [6, 6.07) is 8.23. The van der Waals surface area contributed by atoms with Gasteiger partial charge in [0, 0.05) is 37.0 Å². The molecule has 1 fully saturated rings. The summed E-state index contributed by atoms with van der Waals surface area (Å²) < 4.78 is 0. The Bertz CT molecular complexity index is 648. The molecule has 0 N–H and O–H groups in total. The highest BCUT2D eigenvalue weighted by Gasteiger charge is 2.39. The third kappa shape index (κ3) is 3.02. The summed E-state index contributed by atoms with van der Waals surface area (Å²) in [5.41, 5.74) is 4.46. The second-order valence-corrected chi connectivity index (χ2v) is 7.74. The van der Waals surface area contributed by atoms with E-state index in [9.17, 15) is 0 Å². The first-order valence-corrected chi connectivity index (χ1v) is 9.46. The maximum Gasteiger partial charge on any atom is 0.0550 e. The summed E-state index contributed by atoms with van der Waals surface area (Å²) in [6.07, 6.45) is 11.2. The second kappa shape index (κ2) is 6.72. The molecule has 3 atom stereocenters. The summed E-state index contributed by atoms with van der Waals surface area (Å²) in [5, 5.41) is 0. The first-order valence-electron chi connectivity index (χ1n) is 9.46. The number of rotatable bonds is 3. The molecule has 3 aliphatic heterocycles. The van der Waals surface area contributed by atoms with Crippen molar-refractivity contribution in [3.8, 4) is 0 Å². The molecule has 0 saturated carbocycles. The van der Waals surface area contributed by atoms with Crippen molar-refractivity contribution in [2.75, 3.05) is 31.6 Å². The molecule has 1 aromatic rings. The van der Waals surface area contributed by atoms with E-state index in [1.165, 1.54) is 37.2 Å². The lowest BCUT2D eigenvalue weighted by Crippen LogP contribution is -2.37. The molecule has 0 amide bonds. The highest BCUT2D eigenvalue weighted by atomic mass is 15.2. The second-order valence-electron chi connectivity index (χ2n) is 7.74. The highest BCUT2D eigenvalue weighted by molar-refractivity contribution is 5.72. The molecule has 0 bridgehead atoms. The molecule has 3 heterocycles. The number of likely N-dealkylation sites (N-methyl/N-ethyl adjacent to an activating group) is 1. The lowest BCUT2D eigenvalue weighted by atomic mass is 9.92. The van der Waals surface area contributed by atoms with Crippen molar-refractivity contribution in [1.29, 1.82) is 0 Å². The number of allylic oxidation sites excluding steroid dienone is 1. The molecular weight excluding hydrogens is 294 g/mol. The molecule has 128 valence electrons. The van der Waals surface area contributed by atoms with E-state index in [1.54, 1.807) is 5.56 Å². The van der Waals surface area contributed by atoms with Crippen LogP contribution in [0.2, 0.25) is 0 Å². The van der Waals surface area contributed by atoms with Crippen LogP contribution in [0.1, 0.15) is 42.7 Å². The predicted octanol–water partition coefficient (Wildman–Crippen LogP) is 3.78. The first-order chi connectivity index (χ1) is 11.7. The van der Waals surface area contributed by atoms with Crippen LogP contribution in [-0.2, 0) is 0 Å². The minimum absolute atomic E-state index is 0.469.